The van der Waals surface area contributed by atoms with Crippen LogP contribution < -0.4 is 10.6 Å². The normalized spacial score (nSPS) is 11.2. The Balaban J connectivity index is 1.75. The topological polar surface area (TPSA) is 54.3 Å². The Hall–Kier alpha value is -2.95. The molecule has 31 heavy (non-hydrogen) atoms. The summed E-state index contributed by atoms with van der Waals surface area (Å²) in [6.07, 6.45) is 0. The Labute approximate surface area is 191 Å². The van der Waals surface area contributed by atoms with E-state index in [0.29, 0.717) is 27.1 Å². The Morgan fingerprint density at radius 2 is 1.74 bits per heavy atom. The number of hydrogen-bond donors (Lipinski definition) is 2. The first kappa shape index (κ1) is 21.3. The molecule has 0 aliphatic carbocycles. The van der Waals surface area contributed by atoms with E-state index in [1.54, 1.807) is 24.3 Å². The van der Waals surface area contributed by atoms with Crippen molar-refractivity contribution >= 4 is 51.8 Å². The summed E-state index contributed by atoms with van der Waals surface area (Å²) in [6, 6.07) is 18.3. The fraction of sp³-hybridized carbons (Fsp3) is 0.160. The average Bonchev–Trinajstić information content (AvgIpc) is 3.06. The zero-order valence-corrected chi connectivity index (χ0v) is 18.9. The lowest BCUT2D eigenvalue weighted by Crippen LogP contribution is -2.21. The number of hydrogen-bond acceptors (Lipinski definition) is 2. The highest BCUT2D eigenvalue weighted by Gasteiger charge is 2.21. The van der Waals surface area contributed by atoms with Crippen LogP contribution in [0.25, 0.3) is 22.1 Å². The van der Waals surface area contributed by atoms with Crippen molar-refractivity contribution in [2.24, 2.45) is 0 Å². The summed E-state index contributed by atoms with van der Waals surface area (Å²) >= 11 is 12.7. The molecule has 0 saturated carbocycles. The van der Waals surface area contributed by atoms with E-state index in [0.717, 1.165) is 27.8 Å². The molecule has 4 rings (SSSR count). The average molecular weight is 453 g/mol. The van der Waals surface area contributed by atoms with Crippen LogP contribution in [0.2, 0.25) is 10.0 Å². The molecule has 0 bridgehead atoms. The molecular weight excluding hydrogens is 431 g/mol. The van der Waals surface area contributed by atoms with Crippen molar-refractivity contribution < 1.29 is 9.21 Å². The maximum Gasteiger partial charge on any atom is 0.326 e. The molecular formula is C25H22Cl2N2O2. The zero-order chi connectivity index (χ0) is 22.1. The van der Waals surface area contributed by atoms with Crippen LogP contribution in [0.4, 0.5) is 16.4 Å². The SMILES string of the molecule is Cc1cccc(C(C)C)c1NC(=O)Nc1oc2ccc(Cl)cc2c1-c1ccccc1Cl. The molecule has 1 heterocycles. The molecule has 0 radical (unpaired) electrons. The minimum atomic E-state index is -0.394. The van der Waals surface area contributed by atoms with Gasteiger partial charge in [-0.3, -0.25) is 5.32 Å². The van der Waals surface area contributed by atoms with E-state index >= 15 is 0 Å². The van der Waals surface area contributed by atoms with E-state index in [9.17, 15) is 4.79 Å². The predicted molar refractivity (Wildman–Crippen MR) is 130 cm³/mol. The van der Waals surface area contributed by atoms with Gasteiger partial charge >= 0.3 is 6.03 Å². The number of fused-ring (bicyclic) bond motifs is 1. The minimum absolute atomic E-state index is 0.266. The molecule has 0 unspecified atom stereocenters. The van der Waals surface area contributed by atoms with Crippen molar-refractivity contribution in [3.05, 3.63) is 81.8 Å². The molecule has 4 nitrogen and oxygen atoms in total. The molecule has 0 fully saturated rings. The standard InChI is InChI=1S/C25H22Cl2N2O2/c1-14(2)17-9-6-7-15(3)23(17)28-25(30)29-24-22(18-8-4-5-10-20(18)27)19-13-16(26)11-12-21(19)31-24/h4-14H,1-3H3,(H2,28,29,30). The molecule has 0 aliphatic rings. The molecule has 3 aromatic carbocycles. The maximum atomic E-state index is 13.0. The largest absolute Gasteiger partial charge is 0.440 e. The Morgan fingerprint density at radius 3 is 2.48 bits per heavy atom. The van der Waals surface area contributed by atoms with Gasteiger partial charge in [0.1, 0.15) is 5.58 Å². The van der Waals surface area contributed by atoms with Gasteiger partial charge in [0.2, 0.25) is 5.88 Å². The van der Waals surface area contributed by atoms with Gasteiger partial charge in [-0.05, 0) is 48.2 Å². The Morgan fingerprint density at radius 1 is 0.968 bits per heavy atom. The number of amides is 2. The van der Waals surface area contributed by atoms with Crippen LogP contribution >= 0.6 is 23.2 Å². The number of aryl methyl sites for hydroxylation is 1. The number of halogens is 2. The van der Waals surface area contributed by atoms with E-state index in [-0.39, 0.29) is 5.92 Å². The van der Waals surface area contributed by atoms with E-state index in [1.807, 2.05) is 43.3 Å². The first-order valence-corrected chi connectivity index (χ1v) is 10.7. The highest BCUT2D eigenvalue weighted by Crippen LogP contribution is 2.42. The zero-order valence-electron chi connectivity index (χ0n) is 17.4. The monoisotopic (exact) mass is 452 g/mol. The van der Waals surface area contributed by atoms with Gasteiger partial charge in [-0.25, -0.2) is 4.79 Å². The third-order valence-electron chi connectivity index (χ3n) is 5.19. The number of nitrogens with one attached hydrogen (secondary N) is 2. The Kier molecular flexibility index (Phi) is 5.94. The number of carbonyl (C=O) groups excluding carboxylic acids is 1. The Bertz CT molecular complexity index is 1280. The van der Waals surface area contributed by atoms with Crippen molar-refractivity contribution in [1.82, 2.24) is 0 Å². The number of furan rings is 1. The van der Waals surface area contributed by atoms with Crippen LogP contribution in [-0.4, -0.2) is 6.03 Å². The number of carbonyl (C=O) groups is 1. The number of benzene rings is 3. The summed E-state index contributed by atoms with van der Waals surface area (Å²) in [5.41, 5.74) is 4.90. The van der Waals surface area contributed by atoms with E-state index < -0.39 is 6.03 Å². The summed E-state index contributed by atoms with van der Waals surface area (Å²) in [5.74, 6) is 0.574. The van der Waals surface area contributed by atoms with Crippen molar-refractivity contribution in [2.45, 2.75) is 26.7 Å². The minimum Gasteiger partial charge on any atom is -0.440 e. The van der Waals surface area contributed by atoms with Gasteiger partial charge in [0.05, 0.1) is 5.56 Å². The number of para-hydroxylation sites is 1. The van der Waals surface area contributed by atoms with E-state index in [4.69, 9.17) is 27.6 Å². The molecule has 0 saturated heterocycles. The first-order valence-electron chi connectivity index (χ1n) is 9.99. The van der Waals surface area contributed by atoms with Crippen molar-refractivity contribution in [2.75, 3.05) is 10.6 Å². The quantitative estimate of drug-likeness (QED) is 0.326. The summed E-state index contributed by atoms with van der Waals surface area (Å²) in [7, 11) is 0. The summed E-state index contributed by atoms with van der Waals surface area (Å²) in [4.78, 5) is 13.0. The van der Waals surface area contributed by atoms with Crippen LogP contribution in [0, 0.1) is 6.92 Å². The fourth-order valence-electron chi connectivity index (χ4n) is 3.68. The molecule has 2 N–H and O–H groups in total. The van der Waals surface area contributed by atoms with Crippen molar-refractivity contribution in [1.29, 1.82) is 0 Å². The second kappa shape index (κ2) is 8.66. The number of urea groups is 1. The van der Waals surface area contributed by atoms with Crippen LogP contribution in [0.1, 0.15) is 30.9 Å². The van der Waals surface area contributed by atoms with Gasteiger partial charge in [-0.1, -0.05) is 73.4 Å². The molecule has 6 heteroatoms. The van der Waals surface area contributed by atoms with Crippen molar-refractivity contribution in [3.63, 3.8) is 0 Å². The molecule has 0 spiro atoms. The highest BCUT2D eigenvalue weighted by atomic mass is 35.5. The van der Waals surface area contributed by atoms with Crippen LogP contribution in [-0.2, 0) is 0 Å². The van der Waals surface area contributed by atoms with Gasteiger partial charge in [0, 0.05) is 26.7 Å². The smallest absolute Gasteiger partial charge is 0.326 e. The number of anilines is 2. The van der Waals surface area contributed by atoms with Gasteiger partial charge in [0.25, 0.3) is 0 Å². The lowest BCUT2D eigenvalue weighted by molar-refractivity contribution is 0.261. The molecule has 1 aromatic heterocycles. The molecule has 0 atom stereocenters. The predicted octanol–water partition coefficient (Wildman–Crippen LogP) is 8.48. The second-order valence-electron chi connectivity index (χ2n) is 7.70. The molecule has 4 aromatic rings. The van der Waals surface area contributed by atoms with Crippen LogP contribution in [0.3, 0.4) is 0 Å². The summed E-state index contributed by atoms with van der Waals surface area (Å²) in [6.45, 7) is 6.16. The summed E-state index contributed by atoms with van der Waals surface area (Å²) < 4.78 is 5.99. The van der Waals surface area contributed by atoms with Gasteiger partial charge in [0.15, 0.2) is 0 Å². The molecule has 158 valence electrons. The lowest BCUT2D eigenvalue weighted by atomic mass is 9.98. The molecule has 2 amide bonds. The van der Waals surface area contributed by atoms with Crippen LogP contribution in [0.15, 0.2) is 65.1 Å². The van der Waals surface area contributed by atoms with E-state index in [2.05, 4.69) is 24.5 Å². The highest BCUT2D eigenvalue weighted by molar-refractivity contribution is 6.34. The third-order valence-corrected chi connectivity index (χ3v) is 5.75. The fourth-order valence-corrected chi connectivity index (χ4v) is 4.08. The second-order valence-corrected chi connectivity index (χ2v) is 8.54. The third kappa shape index (κ3) is 4.27. The van der Waals surface area contributed by atoms with Gasteiger partial charge in [-0.2, -0.15) is 0 Å². The maximum absolute atomic E-state index is 13.0. The summed E-state index contributed by atoms with van der Waals surface area (Å²) in [5, 5.41) is 7.75. The van der Waals surface area contributed by atoms with Crippen molar-refractivity contribution in [3.8, 4) is 11.1 Å². The van der Waals surface area contributed by atoms with E-state index in [1.165, 1.54) is 0 Å². The molecule has 0 aliphatic heterocycles. The van der Waals surface area contributed by atoms with Crippen LogP contribution in [0.5, 0.6) is 0 Å². The number of rotatable bonds is 4. The van der Waals surface area contributed by atoms with Gasteiger partial charge < -0.3 is 9.73 Å². The lowest BCUT2D eigenvalue weighted by Gasteiger charge is -2.16. The first-order chi connectivity index (χ1) is 14.8. The van der Waals surface area contributed by atoms with Gasteiger partial charge in [-0.15, -0.1) is 0 Å².